The number of hydrogen-bond donors (Lipinski definition) is 1. The van der Waals surface area contributed by atoms with Crippen LogP contribution in [0.15, 0.2) is 18.2 Å². The molecule has 0 saturated heterocycles. The molecule has 1 aromatic carbocycles. The third kappa shape index (κ3) is 2.50. The lowest BCUT2D eigenvalue weighted by Gasteiger charge is -2.14. The summed E-state index contributed by atoms with van der Waals surface area (Å²) in [5.74, 6) is 1.54. The number of carbonyl (C=O) groups excluding carboxylic acids is 1. The van der Waals surface area contributed by atoms with Gasteiger partial charge < -0.3 is 10.1 Å². The standard InChI is InChI=1S/C15H19NO2/c1-10(16-15(17)12-3-4-12)8-11-2-5-14-13(9-11)6-7-18-14/h2,5,9-10,12H,3-4,6-8H2,1H3,(H,16,17)/t10-/m1/s1. The van der Waals surface area contributed by atoms with Crippen molar-refractivity contribution in [2.45, 2.75) is 38.6 Å². The number of nitrogens with one attached hydrogen (secondary N) is 1. The maximum atomic E-state index is 11.7. The summed E-state index contributed by atoms with van der Waals surface area (Å²) in [4.78, 5) is 11.7. The van der Waals surface area contributed by atoms with Crippen LogP contribution in [0.3, 0.4) is 0 Å². The predicted octanol–water partition coefficient (Wildman–Crippen LogP) is 2.08. The van der Waals surface area contributed by atoms with E-state index in [9.17, 15) is 4.79 Å². The highest BCUT2D eigenvalue weighted by Gasteiger charge is 2.30. The molecular weight excluding hydrogens is 226 g/mol. The van der Waals surface area contributed by atoms with Crippen molar-refractivity contribution in [3.63, 3.8) is 0 Å². The maximum Gasteiger partial charge on any atom is 0.223 e. The second kappa shape index (κ2) is 4.63. The minimum atomic E-state index is 0.207. The van der Waals surface area contributed by atoms with Gasteiger partial charge in [-0.05, 0) is 43.4 Å². The SMILES string of the molecule is C[C@H](Cc1ccc2c(c1)CCO2)NC(=O)C1CC1. The van der Waals surface area contributed by atoms with E-state index in [1.54, 1.807) is 0 Å². The first-order valence-corrected chi connectivity index (χ1v) is 6.77. The fraction of sp³-hybridized carbons (Fsp3) is 0.533. The van der Waals surface area contributed by atoms with Crippen molar-refractivity contribution >= 4 is 5.91 Å². The van der Waals surface area contributed by atoms with Crippen LogP contribution in [0.5, 0.6) is 5.75 Å². The Morgan fingerprint density at radius 3 is 3.11 bits per heavy atom. The van der Waals surface area contributed by atoms with Crippen LogP contribution in [-0.2, 0) is 17.6 Å². The van der Waals surface area contributed by atoms with Crippen LogP contribution >= 0.6 is 0 Å². The van der Waals surface area contributed by atoms with Crippen molar-refractivity contribution in [1.29, 1.82) is 0 Å². The quantitative estimate of drug-likeness (QED) is 0.882. The molecule has 1 aliphatic heterocycles. The van der Waals surface area contributed by atoms with Crippen LogP contribution in [0.4, 0.5) is 0 Å². The Balaban J connectivity index is 1.59. The third-order valence-corrected chi connectivity index (χ3v) is 3.63. The van der Waals surface area contributed by atoms with E-state index in [1.807, 2.05) is 6.07 Å². The van der Waals surface area contributed by atoms with Crippen molar-refractivity contribution < 1.29 is 9.53 Å². The monoisotopic (exact) mass is 245 g/mol. The van der Waals surface area contributed by atoms with Gasteiger partial charge in [0.2, 0.25) is 5.91 Å². The number of carbonyl (C=O) groups is 1. The van der Waals surface area contributed by atoms with Crippen molar-refractivity contribution in [2.24, 2.45) is 5.92 Å². The Kier molecular flexibility index (Phi) is 2.98. The molecule has 1 atom stereocenters. The molecule has 3 nitrogen and oxygen atoms in total. The Labute approximate surface area is 108 Å². The third-order valence-electron chi connectivity index (χ3n) is 3.63. The largest absolute Gasteiger partial charge is 0.493 e. The number of rotatable bonds is 4. The van der Waals surface area contributed by atoms with Crippen LogP contribution in [0.25, 0.3) is 0 Å². The molecule has 1 aromatic rings. The fourth-order valence-corrected chi connectivity index (χ4v) is 2.48. The Morgan fingerprint density at radius 2 is 2.33 bits per heavy atom. The highest BCUT2D eigenvalue weighted by atomic mass is 16.5. The fourth-order valence-electron chi connectivity index (χ4n) is 2.48. The summed E-state index contributed by atoms with van der Waals surface area (Å²) < 4.78 is 5.49. The van der Waals surface area contributed by atoms with Gasteiger partial charge in [-0.25, -0.2) is 0 Å². The van der Waals surface area contributed by atoms with E-state index in [4.69, 9.17) is 4.74 Å². The van der Waals surface area contributed by atoms with E-state index in [2.05, 4.69) is 24.4 Å². The first-order valence-electron chi connectivity index (χ1n) is 6.77. The molecule has 96 valence electrons. The van der Waals surface area contributed by atoms with E-state index in [0.29, 0.717) is 5.92 Å². The van der Waals surface area contributed by atoms with Crippen molar-refractivity contribution in [3.8, 4) is 5.75 Å². The summed E-state index contributed by atoms with van der Waals surface area (Å²) in [6.45, 7) is 2.87. The van der Waals surface area contributed by atoms with E-state index < -0.39 is 0 Å². The molecule has 0 unspecified atom stereocenters. The molecule has 0 aromatic heterocycles. The van der Waals surface area contributed by atoms with E-state index in [-0.39, 0.29) is 11.9 Å². The molecule has 1 fully saturated rings. The molecule has 3 heteroatoms. The molecule has 3 rings (SSSR count). The van der Waals surface area contributed by atoms with Crippen LogP contribution in [0, 0.1) is 5.92 Å². The molecule has 1 saturated carbocycles. The summed E-state index contributed by atoms with van der Waals surface area (Å²) in [5, 5.41) is 3.09. The molecular formula is C15H19NO2. The average molecular weight is 245 g/mol. The van der Waals surface area contributed by atoms with Crippen molar-refractivity contribution in [3.05, 3.63) is 29.3 Å². The van der Waals surface area contributed by atoms with Gasteiger partial charge in [0.25, 0.3) is 0 Å². The van der Waals surface area contributed by atoms with Crippen LogP contribution < -0.4 is 10.1 Å². The lowest BCUT2D eigenvalue weighted by atomic mass is 10.0. The highest BCUT2D eigenvalue weighted by Crippen LogP contribution is 2.29. The van der Waals surface area contributed by atoms with Gasteiger partial charge in [0.05, 0.1) is 6.61 Å². The minimum absolute atomic E-state index is 0.207. The minimum Gasteiger partial charge on any atom is -0.493 e. The van der Waals surface area contributed by atoms with E-state index in [1.165, 1.54) is 11.1 Å². The van der Waals surface area contributed by atoms with Crippen LogP contribution in [0.1, 0.15) is 30.9 Å². The second-order valence-corrected chi connectivity index (χ2v) is 5.43. The van der Waals surface area contributed by atoms with E-state index in [0.717, 1.165) is 38.0 Å². The second-order valence-electron chi connectivity index (χ2n) is 5.43. The molecule has 1 N–H and O–H groups in total. The van der Waals surface area contributed by atoms with Gasteiger partial charge in [-0.3, -0.25) is 4.79 Å². The highest BCUT2D eigenvalue weighted by molar-refractivity contribution is 5.81. The topological polar surface area (TPSA) is 38.3 Å². The number of ether oxygens (including phenoxy) is 1. The van der Waals surface area contributed by atoms with Gasteiger partial charge in [-0.2, -0.15) is 0 Å². The maximum absolute atomic E-state index is 11.7. The van der Waals surface area contributed by atoms with Crippen molar-refractivity contribution in [2.75, 3.05) is 6.61 Å². The zero-order valence-electron chi connectivity index (χ0n) is 10.7. The van der Waals surface area contributed by atoms with Gasteiger partial charge in [0.15, 0.2) is 0 Å². The van der Waals surface area contributed by atoms with Gasteiger partial charge in [0.1, 0.15) is 5.75 Å². The Morgan fingerprint density at radius 1 is 1.50 bits per heavy atom. The van der Waals surface area contributed by atoms with Gasteiger partial charge >= 0.3 is 0 Å². The zero-order chi connectivity index (χ0) is 12.5. The normalized spacial score (nSPS) is 18.9. The molecule has 1 aliphatic carbocycles. The van der Waals surface area contributed by atoms with Crippen LogP contribution in [-0.4, -0.2) is 18.6 Å². The lowest BCUT2D eigenvalue weighted by Crippen LogP contribution is -2.35. The molecule has 18 heavy (non-hydrogen) atoms. The van der Waals surface area contributed by atoms with E-state index >= 15 is 0 Å². The number of fused-ring (bicyclic) bond motifs is 1. The first kappa shape index (κ1) is 11.6. The Hall–Kier alpha value is -1.51. The van der Waals surface area contributed by atoms with Gasteiger partial charge in [-0.15, -0.1) is 0 Å². The molecule has 2 aliphatic rings. The van der Waals surface area contributed by atoms with Crippen molar-refractivity contribution in [1.82, 2.24) is 5.32 Å². The summed E-state index contributed by atoms with van der Waals surface area (Å²) >= 11 is 0. The molecule has 1 heterocycles. The molecule has 0 bridgehead atoms. The molecule has 0 radical (unpaired) electrons. The first-order chi connectivity index (χ1) is 8.72. The number of hydrogen-bond acceptors (Lipinski definition) is 2. The van der Waals surface area contributed by atoms with Gasteiger partial charge in [-0.1, -0.05) is 12.1 Å². The number of benzene rings is 1. The lowest BCUT2D eigenvalue weighted by molar-refractivity contribution is -0.122. The number of amides is 1. The molecule has 0 spiro atoms. The zero-order valence-corrected chi connectivity index (χ0v) is 10.7. The summed E-state index contributed by atoms with van der Waals surface area (Å²) in [5.41, 5.74) is 2.58. The summed E-state index contributed by atoms with van der Waals surface area (Å²) in [6.07, 6.45) is 4.03. The smallest absolute Gasteiger partial charge is 0.223 e. The van der Waals surface area contributed by atoms with Gasteiger partial charge in [0, 0.05) is 18.4 Å². The average Bonchev–Trinajstić information content (AvgIpc) is 3.08. The molecule has 1 amide bonds. The Bertz CT molecular complexity index is 466. The summed E-state index contributed by atoms with van der Waals surface area (Å²) in [6, 6.07) is 6.57. The predicted molar refractivity (Wildman–Crippen MR) is 69.7 cm³/mol. The summed E-state index contributed by atoms with van der Waals surface area (Å²) in [7, 11) is 0. The van der Waals surface area contributed by atoms with Crippen LogP contribution in [0.2, 0.25) is 0 Å².